The molecule has 4 aromatic rings. The predicted molar refractivity (Wildman–Crippen MR) is 143 cm³/mol. The number of alkyl halides is 3. The van der Waals surface area contributed by atoms with Crippen molar-refractivity contribution in [2.45, 2.75) is 25.2 Å². The number of methoxy groups -OCH3 is 2. The van der Waals surface area contributed by atoms with Crippen molar-refractivity contribution in [3.63, 3.8) is 0 Å². The number of hydrogen-bond acceptors (Lipinski definition) is 5. The molecule has 0 spiro atoms. The summed E-state index contributed by atoms with van der Waals surface area (Å²) in [5, 5.41) is 0. The number of fused-ring (bicyclic) bond motifs is 1. The number of halogens is 3. The van der Waals surface area contributed by atoms with E-state index in [-0.39, 0.29) is 23.8 Å². The molecule has 1 fully saturated rings. The second kappa shape index (κ2) is 11.1. The lowest BCUT2D eigenvalue weighted by molar-refractivity contribution is -0.138. The van der Waals surface area contributed by atoms with E-state index in [4.69, 9.17) is 14.2 Å². The Kier molecular flexibility index (Phi) is 7.56. The van der Waals surface area contributed by atoms with Gasteiger partial charge in [0.25, 0.3) is 0 Å². The lowest BCUT2D eigenvalue weighted by Gasteiger charge is -2.22. The number of para-hydroxylation sites is 3. The van der Waals surface area contributed by atoms with Crippen molar-refractivity contribution in [2.24, 2.45) is 0 Å². The van der Waals surface area contributed by atoms with E-state index in [9.17, 15) is 18.0 Å². The highest BCUT2D eigenvalue weighted by atomic mass is 19.4. The van der Waals surface area contributed by atoms with Gasteiger partial charge in [-0.15, -0.1) is 0 Å². The second-order valence-electron chi connectivity index (χ2n) is 9.42. The van der Waals surface area contributed by atoms with Crippen LogP contribution in [0.3, 0.4) is 0 Å². The molecule has 1 aliphatic rings. The number of anilines is 1. The fourth-order valence-corrected chi connectivity index (χ4v) is 5.32. The van der Waals surface area contributed by atoms with Crippen molar-refractivity contribution in [1.82, 2.24) is 9.13 Å². The average molecular weight is 542 g/mol. The zero-order valence-electron chi connectivity index (χ0n) is 21.8. The molecular formula is C29H30F3N3O4. The number of nitrogens with zero attached hydrogens (tertiary/aromatic N) is 3. The van der Waals surface area contributed by atoms with Crippen LogP contribution in [0.5, 0.6) is 11.5 Å². The van der Waals surface area contributed by atoms with E-state index in [2.05, 4.69) is 4.90 Å². The third-order valence-electron chi connectivity index (χ3n) is 7.09. The number of benzene rings is 3. The standard InChI is InChI=1S/C29H30F3N3O4/c1-37-16-17-39-25-12-6-5-10-23(25)33-15-14-21(19-33)35-24-11-7-13-26(38-2)27(24)34(28(35)36)18-20-8-3-4-9-22(20)29(30,31)32/h3-13,21H,14-19H2,1-2H3/t21-/m1/s1. The Hall–Kier alpha value is -3.92. The van der Waals surface area contributed by atoms with Crippen LogP contribution in [0.15, 0.2) is 71.5 Å². The maximum atomic E-state index is 13.9. The summed E-state index contributed by atoms with van der Waals surface area (Å²) in [5.74, 6) is 1.16. The Balaban J connectivity index is 1.53. The maximum Gasteiger partial charge on any atom is 0.416 e. The van der Waals surface area contributed by atoms with Crippen molar-refractivity contribution < 1.29 is 27.4 Å². The molecule has 10 heteroatoms. The molecule has 7 nitrogen and oxygen atoms in total. The SMILES string of the molecule is COCCOc1ccccc1N1CC[C@@H](n2c(=O)n(Cc3ccccc3C(F)(F)F)c3c(OC)cccc32)C1. The zero-order valence-corrected chi connectivity index (χ0v) is 21.8. The van der Waals surface area contributed by atoms with Crippen LogP contribution in [0, 0.1) is 0 Å². The molecule has 1 aromatic heterocycles. The van der Waals surface area contributed by atoms with E-state index < -0.39 is 11.7 Å². The molecule has 0 saturated carbocycles. The maximum absolute atomic E-state index is 13.9. The highest BCUT2D eigenvalue weighted by Gasteiger charge is 2.34. The topological polar surface area (TPSA) is 57.9 Å². The lowest BCUT2D eigenvalue weighted by Crippen LogP contribution is -2.30. The van der Waals surface area contributed by atoms with Crippen LogP contribution < -0.4 is 20.1 Å². The van der Waals surface area contributed by atoms with Gasteiger partial charge in [0.15, 0.2) is 0 Å². The van der Waals surface area contributed by atoms with Crippen molar-refractivity contribution in [3.8, 4) is 11.5 Å². The number of ether oxygens (including phenoxy) is 3. The minimum Gasteiger partial charge on any atom is -0.494 e. The summed E-state index contributed by atoms with van der Waals surface area (Å²) in [4.78, 5) is 16.1. The lowest BCUT2D eigenvalue weighted by atomic mass is 10.1. The van der Waals surface area contributed by atoms with Gasteiger partial charge < -0.3 is 19.1 Å². The third-order valence-corrected chi connectivity index (χ3v) is 7.09. The third kappa shape index (κ3) is 5.21. The summed E-state index contributed by atoms with van der Waals surface area (Å²) >= 11 is 0. The van der Waals surface area contributed by atoms with Crippen LogP contribution in [0.25, 0.3) is 11.0 Å². The highest BCUT2D eigenvalue weighted by Crippen LogP contribution is 2.37. The molecule has 1 aliphatic heterocycles. The van der Waals surface area contributed by atoms with Gasteiger partial charge in [-0.25, -0.2) is 4.79 Å². The first kappa shape index (κ1) is 26.7. The Morgan fingerprint density at radius 3 is 2.44 bits per heavy atom. The highest BCUT2D eigenvalue weighted by molar-refractivity contribution is 5.83. The molecule has 5 rings (SSSR count). The van der Waals surface area contributed by atoms with Gasteiger partial charge in [0, 0.05) is 20.2 Å². The minimum absolute atomic E-state index is 0.0206. The van der Waals surface area contributed by atoms with E-state index in [1.54, 1.807) is 29.9 Å². The monoisotopic (exact) mass is 541 g/mol. The van der Waals surface area contributed by atoms with Crippen LogP contribution in [-0.4, -0.2) is 49.7 Å². The summed E-state index contributed by atoms with van der Waals surface area (Å²) in [6.07, 6.45) is -3.85. The first-order valence-electron chi connectivity index (χ1n) is 12.7. The van der Waals surface area contributed by atoms with Crippen LogP contribution in [-0.2, 0) is 17.5 Å². The smallest absolute Gasteiger partial charge is 0.416 e. The summed E-state index contributed by atoms with van der Waals surface area (Å²) in [5.41, 5.74) is 0.911. The van der Waals surface area contributed by atoms with Crippen molar-refractivity contribution >= 4 is 16.7 Å². The normalized spacial score (nSPS) is 15.7. The average Bonchev–Trinajstić information content (AvgIpc) is 3.51. The van der Waals surface area contributed by atoms with Gasteiger partial charge in [0.2, 0.25) is 0 Å². The fourth-order valence-electron chi connectivity index (χ4n) is 5.32. The summed E-state index contributed by atoms with van der Waals surface area (Å²) in [6, 6.07) is 18.2. The molecular weight excluding hydrogens is 511 g/mol. The first-order chi connectivity index (χ1) is 18.8. The number of aromatic nitrogens is 2. The molecule has 39 heavy (non-hydrogen) atoms. The van der Waals surface area contributed by atoms with Crippen molar-refractivity contribution in [1.29, 1.82) is 0 Å². The quantitative estimate of drug-likeness (QED) is 0.267. The van der Waals surface area contributed by atoms with Crippen molar-refractivity contribution in [3.05, 3.63) is 88.3 Å². The molecule has 1 saturated heterocycles. The molecule has 0 N–H and O–H groups in total. The van der Waals surface area contributed by atoms with Gasteiger partial charge in [0.1, 0.15) is 23.6 Å². The molecule has 0 bridgehead atoms. The van der Waals surface area contributed by atoms with Crippen LogP contribution >= 0.6 is 0 Å². The number of imidazole rings is 1. The molecule has 0 unspecified atom stereocenters. The summed E-state index contributed by atoms with van der Waals surface area (Å²) in [6.45, 7) is 1.88. The Bertz CT molecular complexity index is 1510. The summed E-state index contributed by atoms with van der Waals surface area (Å²) in [7, 11) is 3.10. The van der Waals surface area contributed by atoms with Gasteiger partial charge in [-0.1, -0.05) is 36.4 Å². The molecule has 0 radical (unpaired) electrons. The van der Waals surface area contributed by atoms with E-state index >= 15 is 0 Å². The van der Waals surface area contributed by atoms with E-state index in [1.165, 1.54) is 23.8 Å². The molecule has 2 heterocycles. The van der Waals surface area contributed by atoms with Gasteiger partial charge in [0.05, 0.1) is 43.1 Å². The Morgan fingerprint density at radius 1 is 0.923 bits per heavy atom. The van der Waals surface area contributed by atoms with Gasteiger partial charge in [-0.2, -0.15) is 13.2 Å². The van der Waals surface area contributed by atoms with Gasteiger partial charge in [-0.05, 0) is 42.3 Å². The zero-order chi connectivity index (χ0) is 27.6. The number of hydrogen-bond donors (Lipinski definition) is 0. The van der Waals surface area contributed by atoms with Crippen molar-refractivity contribution in [2.75, 3.05) is 45.4 Å². The number of rotatable bonds is 9. The molecule has 206 valence electrons. The first-order valence-corrected chi connectivity index (χ1v) is 12.7. The fraction of sp³-hybridized carbons (Fsp3) is 0.345. The van der Waals surface area contributed by atoms with Crippen LogP contribution in [0.2, 0.25) is 0 Å². The van der Waals surface area contributed by atoms with E-state index in [1.807, 2.05) is 30.3 Å². The van der Waals surface area contributed by atoms with Gasteiger partial charge >= 0.3 is 11.9 Å². The Labute approximate surface area is 223 Å². The van der Waals surface area contributed by atoms with Crippen LogP contribution in [0.1, 0.15) is 23.6 Å². The van der Waals surface area contributed by atoms with E-state index in [0.29, 0.717) is 49.5 Å². The molecule has 3 aromatic carbocycles. The molecule has 0 amide bonds. The molecule has 1 atom stereocenters. The van der Waals surface area contributed by atoms with Crippen LogP contribution in [0.4, 0.5) is 18.9 Å². The summed E-state index contributed by atoms with van der Waals surface area (Å²) < 4.78 is 60.9. The predicted octanol–water partition coefficient (Wildman–Crippen LogP) is 5.36. The largest absolute Gasteiger partial charge is 0.494 e. The minimum atomic E-state index is -4.53. The Morgan fingerprint density at radius 2 is 1.67 bits per heavy atom. The van der Waals surface area contributed by atoms with E-state index in [0.717, 1.165) is 17.5 Å². The van der Waals surface area contributed by atoms with Gasteiger partial charge in [-0.3, -0.25) is 9.13 Å². The molecule has 0 aliphatic carbocycles. The second-order valence-corrected chi connectivity index (χ2v) is 9.42.